The second-order valence-electron chi connectivity index (χ2n) is 9.64. The molecule has 4 aromatic rings. The summed E-state index contributed by atoms with van der Waals surface area (Å²) >= 11 is 0. The summed E-state index contributed by atoms with van der Waals surface area (Å²) < 4.78 is 27.2. The zero-order valence-corrected chi connectivity index (χ0v) is 20.6. The zero-order valence-electron chi connectivity index (χ0n) is 19.7. The lowest BCUT2D eigenvalue weighted by Gasteiger charge is -2.35. The minimum atomic E-state index is -3.67. The summed E-state index contributed by atoms with van der Waals surface area (Å²) in [6.07, 6.45) is 10.1. The maximum Gasteiger partial charge on any atom is 0.180 e. The van der Waals surface area contributed by atoms with E-state index in [1.165, 1.54) is 4.52 Å². The number of rotatable bonds is 4. The Morgan fingerprint density at radius 2 is 1.75 bits per heavy atom. The van der Waals surface area contributed by atoms with E-state index >= 15 is 0 Å². The van der Waals surface area contributed by atoms with Gasteiger partial charge in [0.2, 0.25) is 0 Å². The van der Waals surface area contributed by atoms with Crippen LogP contribution in [0, 0.1) is 11.5 Å². The van der Waals surface area contributed by atoms with Crippen molar-refractivity contribution in [2.45, 2.75) is 48.6 Å². The molecule has 1 aromatic carbocycles. The average Bonchev–Trinajstić information content (AvgIpc) is 3.41. The maximum atomic E-state index is 12.9. The van der Waals surface area contributed by atoms with Gasteiger partial charge >= 0.3 is 0 Å². The van der Waals surface area contributed by atoms with Crippen molar-refractivity contribution >= 4 is 21.3 Å². The molecule has 3 atom stereocenters. The molecule has 3 aromatic heterocycles. The van der Waals surface area contributed by atoms with Gasteiger partial charge in [0.25, 0.3) is 0 Å². The van der Waals surface area contributed by atoms with E-state index in [0.29, 0.717) is 24.2 Å². The summed E-state index contributed by atoms with van der Waals surface area (Å²) in [4.78, 5) is 11.4. The normalized spacial score (nSPS) is 21.6. The van der Waals surface area contributed by atoms with Crippen molar-refractivity contribution in [2.75, 3.05) is 12.0 Å². The van der Waals surface area contributed by atoms with Crippen molar-refractivity contribution in [2.24, 2.45) is 0 Å². The minimum Gasteiger partial charge on any atom is -0.382 e. The van der Waals surface area contributed by atoms with Gasteiger partial charge in [0.15, 0.2) is 21.7 Å². The summed E-state index contributed by atoms with van der Waals surface area (Å²) in [6, 6.07) is 14.0. The van der Waals surface area contributed by atoms with E-state index in [1.807, 2.05) is 47.4 Å². The minimum absolute atomic E-state index is 0.0389. The first-order valence-corrected chi connectivity index (χ1v) is 13.8. The molecule has 10 heteroatoms. The standard InChI is InChI=1S/C26H25N7O2S/c1-36(34,35)24-23(18-11-19-8-9-20(12-18)32(19)15-27)31-26-21(14-30-33(26)25(24)28)17-7-10-22(29-13-17)16-5-3-2-4-6-16/h2-7,10,13-14,18-20H,8-9,11-12,28H2,1H3/t18-,19-,20+. The number of sulfone groups is 1. The highest BCUT2D eigenvalue weighted by molar-refractivity contribution is 7.91. The Balaban J connectivity index is 1.47. The van der Waals surface area contributed by atoms with E-state index in [9.17, 15) is 13.7 Å². The van der Waals surface area contributed by atoms with Gasteiger partial charge in [-0.25, -0.2) is 13.4 Å². The van der Waals surface area contributed by atoms with Crippen molar-refractivity contribution in [3.8, 4) is 28.6 Å². The van der Waals surface area contributed by atoms with Crippen LogP contribution in [-0.2, 0) is 9.84 Å². The number of aromatic nitrogens is 4. The van der Waals surface area contributed by atoms with Crippen LogP contribution in [0.3, 0.4) is 0 Å². The van der Waals surface area contributed by atoms with E-state index in [4.69, 9.17) is 10.7 Å². The number of nitrogen functional groups attached to an aromatic ring is 1. The first-order chi connectivity index (χ1) is 17.3. The monoisotopic (exact) mass is 499 g/mol. The fourth-order valence-corrected chi connectivity index (χ4v) is 6.83. The number of benzene rings is 1. The third-order valence-electron chi connectivity index (χ3n) is 7.41. The quantitative estimate of drug-likeness (QED) is 0.421. The molecule has 0 spiro atoms. The summed E-state index contributed by atoms with van der Waals surface area (Å²) in [7, 11) is -3.67. The molecule has 36 heavy (non-hydrogen) atoms. The van der Waals surface area contributed by atoms with Crippen LogP contribution < -0.4 is 5.73 Å². The number of piperidine rings is 1. The number of hydrogen-bond donors (Lipinski definition) is 1. The lowest BCUT2D eigenvalue weighted by atomic mass is 9.88. The topological polar surface area (TPSA) is 130 Å². The first-order valence-electron chi connectivity index (χ1n) is 11.9. The van der Waals surface area contributed by atoms with Gasteiger partial charge in [0, 0.05) is 47.1 Å². The molecule has 2 fully saturated rings. The van der Waals surface area contributed by atoms with Gasteiger partial charge in [-0.2, -0.15) is 14.9 Å². The van der Waals surface area contributed by atoms with Gasteiger partial charge < -0.3 is 10.6 Å². The number of pyridine rings is 1. The molecular weight excluding hydrogens is 474 g/mol. The summed E-state index contributed by atoms with van der Waals surface area (Å²) in [5.41, 5.74) is 10.8. The molecule has 2 saturated heterocycles. The van der Waals surface area contributed by atoms with Gasteiger partial charge in [-0.3, -0.25) is 4.98 Å². The molecule has 0 amide bonds. The third kappa shape index (κ3) is 3.58. The largest absolute Gasteiger partial charge is 0.382 e. The Kier molecular flexibility index (Phi) is 5.19. The van der Waals surface area contributed by atoms with Crippen LogP contribution in [0.5, 0.6) is 0 Å². The van der Waals surface area contributed by atoms with Crippen molar-refractivity contribution in [3.63, 3.8) is 0 Å². The molecule has 0 unspecified atom stereocenters. The SMILES string of the molecule is CS(=O)(=O)c1c([C@@H]2C[C@H]3CC[C@@H](C2)N3C#N)nc2c(-c3ccc(-c4ccccc4)nc3)cnn2c1N. The fourth-order valence-electron chi connectivity index (χ4n) is 5.77. The Hall–Kier alpha value is -3.97. The van der Waals surface area contributed by atoms with Crippen LogP contribution in [0.2, 0.25) is 0 Å². The first kappa shape index (κ1) is 22.5. The summed E-state index contributed by atoms with van der Waals surface area (Å²) in [6.45, 7) is 0. The van der Waals surface area contributed by atoms with Crippen molar-refractivity contribution in [3.05, 3.63) is 60.6 Å². The van der Waals surface area contributed by atoms with E-state index in [1.54, 1.807) is 12.4 Å². The van der Waals surface area contributed by atoms with Crippen LogP contribution in [0.15, 0.2) is 59.8 Å². The molecule has 5 heterocycles. The lowest BCUT2D eigenvalue weighted by molar-refractivity contribution is 0.195. The highest BCUT2D eigenvalue weighted by Crippen LogP contribution is 2.45. The van der Waals surface area contributed by atoms with E-state index < -0.39 is 9.84 Å². The smallest absolute Gasteiger partial charge is 0.180 e. The Labute approximate surface area is 209 Å². The number of fused-ring (bicyclic) bond motifs is 3. The maximum absolute atomic E-state index is 12.9. The molecule has 0 saturated carbocycles. The van der Waals surface area contributed by atoms with Crippen molar-refractivity contribution in [1.82, 2.24) is 24.5 Å². The molecule has 9 nitrogen and oxygen atoms in total. The molecule has 2 bridgehead atoms. The van der Waals surface area contributed by atoms with Gasteiger partial charge in [-0.1, -0.05) is 36.4 Å². The second kappa shape index (κ2) is 8.31. The second-order valence-corrected chi connectivity index (χ2v) is 11.6. The Morgan fingerprint density at radius 1 is 1.03 bits per heavy atom. The predicted molar refractivity (Wildman–Crippen MR) is 135 cm³/mol. The number of nitrogens with zero attached hydrogens (tertiary/aromatic N) is 6. The van der Waals surface area contributed by atoms with Gasteiger partial charge in [-0.15, -0.1) is 0 Å². The highest BCUT2D eigenvalue weighted by atomic mass is 32.2. The number of nitriles is 1. The van der Waals surface area contributed by atoms with Crippen molar-refractivity contribution < 1.29 is 8.42 Å². The predicted octanol–water partition coefficient (Wildman–Crippen LogP) is 3.64. The summed E-state index contributed by atoms with van der Waals surface area (Å²) in [5, 5.41) is 13.9. The zero-order chi connectivity index (χ0) is 25.0. The molecule has 2 aliphatic heterocycles. The molecule has 6 rings (SSSR count). The molecule has 182 valence electrons. The van der Waals surface area contributed by atoms with Crippen LogP contribution in [0.1, 0.15) is 37.3 Å². The van der Waals surface area contributed by atoms with Crippen LogP contribution in [0.4, 0.5) is 5.82 Å². The highest BCUT2D eigenvalue weighted by Gasteiger charge is 2.43. The third-order valence-corrected chi connectivity index (χ3v) is 8.57. The van der Waals surface area contributed by atoms with Gasteiger partial charge in [0.1, 0.15) is 10.7 Å². The average molecular weight is 500 g/mol. The number of nitrogens with two attached hydrogens (primary N) is 1. The number of hydrogen-bond acceptors (Lipinski definition) is 8. The Morgan fingerprint density at radius 3 is 2.36 bits per heavy atom. The molecular formula is C26H25N7O2S. The van der Waals surface area contributed by atoms with E-state index in [-0.39, 0.29) is 28.7 Å². The van der Waals surface area contributed by atoms with Crippen LogP contribution >= 0.6 is 0 Å². The molecule has 0 aliphatic carbocycles. The van der Waals surface area contributed by atoms with Gasteiger partial charge in [-0.05, 0) is 31.7 Å². The Bertz CT molecular complexity index is 1590. The van der Waals surface area contributed by atoms with Crippen molar-refractivity contribution in [1.29, 1.82) is 5.26 Å². The van der Waals surface area contributed by atoms with E-state index in [0.717, 1.165) is 41.5 Å². The van der Waals surface area contributed by atoms with Crippen LogP contribution in [0.25, 0.3) is 28.0 Å². The van der Waals surface area contributed by atoms with Gasteiger partial charge in [0.05, 0.1) is 17.6 Å². The molecule has 0 radical (unpaired) electrons. The summed E-state index contributed by atoms with van der Waals surface area (Å²) in [5.74, 6) is -0.0434. The molecule has 2 N–H and O–H groups in total. The number of anilines is 1. The molecule has 2 aliphatic rings. The van der Waals surface area contributed by atoms with Crippen LogP contribution in [-0.4, -0.2) is 51.2 Å². The fraction of sp³-hybridized carbons (Fsp3) is 0.308. The van der Waals surface area contributed by atoms with E-state index in [2.05, 4.69) is 16.3 Å². The lowest BCUT2D eigenvalue weighted by Crippen LogP contribution is -2.39.